The first-order valence-corrected chi connectivity index (χ1v) is 7.63. The molecule has 0 atom stereocenters. The molecule has 0 aliphatic heterocycles. The van der Waals surface area contributed by atoms with Crippen LogP contribution in [0.4, 0.5) is 0 Å². The lowest BCUT2D eigenvalue weighted by molar-refractivity contribution is -0.149. The highest BCUT2D eigenvalue weighted by molar-refractivity contribution is 6.40. The van der Waals surface area contributed by atoms with Gasteiger partial charge in [0.15, 0.2) is 0 Å². The topological polar surface area (TPSA) is 127 Å². The summed E-state index contributed by atoms with van der Waals surface area (Å²) in [6, 6.07) is 12.9. The van der Waals surface area contributed by atoms with Gasteiger partial charge < -0.3 is 0 Å². The van der Waals surface area contributed by atoms with Crippen LogP contribution in [-0.2, 0) is 9.59 Å². The van der Waals surface area contributed by atoms with E-state index in [-0.39, 0.29) is 21.1 Å². The summed E-state index contributed by atoms with van der Waals surface area (Å²) < 4.78 is 0. The minimum atomic E-state index is -1.41. The van der Waals surface area contributed by atoms with Crippen LogP contribution < -0.4 is 11.7 Å². The van der Waals surface area contributed by atoms with Gasteiger partial charge in [0.2, 0.25) is 0 Å². The summed E-state index contributed by atoms with van der Waals surface area (Å²) in [5, 5.41) is 0.297. The molecular formula is C18H18N4O4. The average Bonchev–Trinajstić information content (AvgIpc) is 2.65. The number of carbonyl (C=O) groups is 4. The molecule has 8 heteroatoms. The lowest BCUT2D eigenvalue weighted by Gasteiger charge is -2.19. The quantitative estimate of drug-likeness (QED) is 0.353. The Hall–Kier alpha value is -3.36. The van der Waals surface area contributed by atoms with E-state index in [0.29, 0.717) is 11.1 Å². The third-order valence-corrected chi connectivity index (χ3v) is 3.81. The minimum Gasteiger partial charge on any atom is -0.267 e. The number of imide groups is 2. The third kappa shape index (κ3) is 3.66. The van der Waals surface area contributed by atoms with Crippen LogP contribution >= 0.6 is 0 Å². The van der Waals surface area contributed by atoms with E-state index in [9.17, 15) is 19.2 Å². The Kier molecular flexibility index (Phi) is 5.61. The Morgan fingerprint density at radius 3 is 1.27 bits per heavy atom. The SMILES string of the molecule is Cc1ccccc1C(=O)N(N)C(=O)C(=O)N(N)C(=O)c1ccccc1C. The molecule has 2 rings (SSSR count). The molecule has 0 fully saturated rings. The van der Waals surface area contributed by atoms with Crippen LogP contribution in [-0.4, -0.2) is 33.6 Å². The number of rotatable bonds is 2. The fourth-order valence-electron chi connectivity index (χ4n) is 2.28. The van der Waals surface area contributed by atoms with Gasteiger partial charge in [-0.2, -0.15) is 0 Å². The zero-order valence-corrected chi connectivity index (χ0v) is 14.3. The maximum Gasteiger partial charge on any atom is 0.335 e. The van der Waals surface area contributed by atoms with E-state index < -0.39 is 23.6 Å². The standard InChI is InChI=1S/C18H18N4O4/c1-11-7-3-5-9-13(11)15(23)21(19)17(25)18(26)22(20)16(24)14-10-6-4-8-12(14)2/h3-10H,19-20H2,1-2H3. The first-order chi connectivity index (χ1) is 12.3. The summed E-state index contributed by atoms with van der Waals surface area (Å²) >= 11 is 0. The van der Waals surface area contributed by atoms with Gasteiger partial charge in [-0.15, -0.1) is 0 Å². The summed E-state index contributed by atoms with van der Waals surface area (Å²) in [7, 11) is 0. The molecule has 0 unspecified atom stereocenters. The van der Waals surface area contributed by atoms with Crippen molar-refractivity contribution in [1.29, 1.82) is 0 Å². The second-order valence-electron chi connectivity index (χ2n) is 5.59. The number of aryl methyl sites for hydroxylation is 2. The van der Waals surface area contributed by atoms with Crippen molar-refractivity contribution in [3.63, 3.8) is 0 Å². The third-order valence-electron chi connectivity index (χ3n) is 3.81. The van der Waals surface area contributed by atoms with E-state index in [1.807, 2.05) is 0 Å². The molecular weight excluding hydrogens is 336 g/mol. The van der Waals surface area contributed by atoms with Gasteiger partial charge in [-0.05, 0) is 37.1 Å². The van der Waals surface area contributed by atoms with Crippen LogP contribution in [0.2, 0.25) is 0 Å². The van der Waals surface area contributed by atoms with Gasteiger partial charge in [0.25, 0.3) is 11.8 Å². The van der Waals surface area contributed by atoms with E-state index in [2.05, 4.69) is 0 Å². The van der Waals surface area contributed by atoms with Gasteiger partial charge in [0.1, 0.15) is 0 Å². The minimum absolute atomic E-state index is 0.148. The largest absolute Gasteiger partial charge is 0.335 e. The van der Waals surface area contributed by atoms with Crippen molar-refractivity contribution in [1.82, 2.24) is 10.0 Å². The summed E-state index contributed by atoms with van der Waals surface area (Å²) in [6.45, 7) is 3.31. The molecule has 4 N–H and O–H groups in total. The van der Waals surface area contributed by atoms with Crippen molar-refractivity contribution >= 4 is 23.6 Å². The maximum atomic E-state index is 12.3. The van der Waals surface area contributed by atoms with Crippen molar-refractivity contribution in [3.8, 4) is 0 Å². The first-order valence-electron chi connectivity index (χ1n) is 7.63. The van der Waals surface area contributed by atoms with E-state index in [0.717, 1.165) is 0 Å². The molecule has 0 saturated heterocycles. The van der Waals surface area contributed by atoms with Gasteiger partial charge in [-0.1, -0.05) is 36.4 Å². The van der Waals surface area contributed by atoms with Crippen LogP contribution in [0.1, 0.15) is 31.8 Å². The number of nitrogens with two attached hydrogens (primary N) is 2. The maximum absolute atomic E-state index is 12.3. The Labute approximate surface area is 149 Å². The molecule has 0 spiro atoms. The van der Waals surface area contributed by atoms with E-state index in [1.54, 1.807) is 50.2 Å². The van der Waals surface area contributed by atoms with E-state index >= 15 is 0 Å². The summed E-state index contributed by atoms with van der Waals surface area (Å²) in [6.07, 6.45) is 0. The molecule has 0 bridgehead atoms. The molecule has 2 aromatic rings. The molecule has 26 heavy (non-hydrogen) atoms. The van der Waals surface area contributed by atoms with Crippen LogP contribution in [0, 0.1) is 13.8 Å². The lowest BCUT2D eigenvalue weighted by atomic mass is 10.1. The first kappa shape index (κ1) is 19.0. The molecule has 134 valence electrons. The molecule has 0 heterocycles. The van der Waals surface area contributed by atoms with Crippen LogP contribution in [0.25, 0.3) is 0 Å². The smallest absolute Gasteiger partial charge is 0.267 e. The predicted octanol–water partition coefficient (Wildman–Crippen LogP) is 0.689. The number of hydrogen-bond donors (Lipinski definition) is 2. The molecule has 4 amide bonds. The predicted molar refractivity (Wildman–Crippen MR) is 93.1 cm³/mol. The Morgan fingerprint density at radius 1 is 0.654 bits per heavy atom. The average molecular weight is 354 g/mol. The molecule has 0 aliphatic carbocycles. The number of hydrogen-bond acceptors (Lipinski definition) is 6. The molecule has 0 aliphatic rings. The van der Waals surface area contributed by atoms with Crippen LogP contribution in [0.5, 0.6) is 0 Å². The highest BCUT2D eigenvalue weighted by Crippen LogP contribution is 2.11. The van der Waals surface area contributed by atoms with Crippen molar-refractivity contribution in [3.05, 3.63) is 70.8 Å². The molecule has 0 saturated carbocycles. The molecule has 0 radical (unpaired) electrons. The highest BCUT2D eigenvalue weighted by Gasteiger charge is 2.32. The van der Waals surface area contributed by atoms with Gasteiger partial charge in [-0.3, -0.25) is 19.2 Å². The molecule has 2 aromatic carbocycles. The van der Waals surface area contributed by atoms with E-state index in [1.165, 1.54) is 12.1 Å². The van der Waals surface area contributed by atoms with E-state index in [4.69, 9.17) is 11.7 Å². The molecule has 8 nitrogen and oxygen atoms in total. The van der Waals surface area contributed by atoms with Gasteiger partial charge in [0, 0.05) is 11.1 Å². The Morgan fingerprint density at radius 2 is 0.962 bits per heavy atom. The fraction of sp³-hybridized carbons (Fsp3) is 0.111. The molecule has 0 aromatic heterocycles. The Balaban J connectivity index is 2.19. The van der Waals surface area contributed by atoms with Crippen molar-refractivity contribution < 1.29 is 19.2 Å². The monoisotopic (exact) mass is 354 g/mol. The number of carbonyl (C=O) groups excluding carboxylic acids is 4. The number of amides is 4. The highest BCUT2D eigenvalue weighted by atomic mass is 16.2. The number of benzene rings is 2. The second-order valence-corrected chi connectivity index (χ2v) is 5.59. The van der Waals surface area contributed by atoms with Crippen LogP contribution in [0.15, 0.2) is 48.5 Å². The Bertz CT molecular complexity index is 821. The van der Waals surface area contributed by atoms with Crippen LogP contribution in [0.3, 0.4) is 0 Å². The number of hydrazine groups is 2. The second kappa shape index (κ2) is 7.68. The normalized spacial score (nSPS) is 10.2. The van der Waals surface area contributed by atoms with Crippen molar-refractivity contribution in [2.24, 2.45) is 11.7 Å². The zero-order chi connectivity index (χ0) is 19.4. The fourth-order valence-corrected chi connectivity index (χ4v) is 2.28. The summed E-state index contributed by atoms with van der Waals surface area (Å²) in [5.41, 5.74) is 1.47. The van der Waals surface area contributed by atoms with Gasteiger partial charge in [0.05, 0.1) is 0 Å². The summed E-state index contributed by atoms with van der Waals surface area (Å²) in [4.78, 5) is 49.0. The van der Waals surface area contributed by atoms with Gasteiger partial charge in [-0.25, -0.2) is 21.7 Å². The van der Waals surface area contributed by atoms with Gasteiger partial charge >= 0.3 is 11.8 Å². The van der Waals surface area contributed by atoms with Crippen molar-refractivity contribution in [2.45, 2.75) is 13.8 Å². The zero-order valence-electron chi connectivity index (χ0n) is 14.3. The summed E-state index contributed by atoms with van der Waals surface area (Å²) in [5.74, 6) is 6.40. The lowest BCUT2D eigenvalue weighted by Crippen LogP contribution is -2.54. The van der Waals surface area contributed by atoms with Crippen molar-refractivity contribution in [2.75, 3.05) is 0 Å². The number of nitrogens with zero attached hydrogens (tertiary/aromatic N) is 2.